The highest BCUT2D eigenvalue weighted by atomic mass is 32.2. The highest BCUT2D eigenvalue weighted by Gasteiger charge is 2.20. The third-order valence-corrected chi connectivity index (χ3v) is 7.10. The molecule has 0 radical (unpaired) electrons. The Bertz CT molecular complexity index is 1440. The van der Waals surface area contributed by atoms with Crippen molar-refractivity contribution >= 4 is 40.6 Å². The number of rotatable bonds is 4. The second kappa shape index (κ2) is 8.86. The van der Waals surface area contributed by atoms with Crippen molar-refractivity contribution in [1.82, 2.24) is 15.3 Å². The molecule has 2 aromatic carbocycles. The number of pyridine rings is 1. The van der Waals surface area contributed by atoms with Gasteiger partial charge in [-0.3, -0.25) is 14.6 Å². The minimum absolute atomic E-state index is 0.194. The molecule has 0 atom stereocenters. The molecule has 2 N–H and O–H groups in total. The number of carbonyl (C=O) groups excluding carboxylic acids is 2. The first kappa shape index (κ1) is 20.9. The van der Waals surface area contributed by atoms with E-state index in [1.807, 2.05) is 24.3 Å². The van der Waals surface area contributed by atoms with Gasteiger partial charge in [0.2, 0.25) is 0 Å². The van der Waals surface area contributed by atoms with Gasteiger partial charge in [0.1, 0.15) is 10.7 Å². The second-order valence-corrected chi connectivity index (χ2v) is 9.32. The molecule has 4 aromatic rings. The van der Waals surface area contributed by atoms with Crippen LogP contribution in [0.3, 0.4) is 0 Å². The third-order valence-electron chi connectivity index (χ3n) is 4.93. The van der Waals surface area contributed by atoms with Crippen molar-refractivity contribution in [1.29, 1.82) is 5.26 Å². The van der Waals surface area contributed by atoms with E-state index in [0.29, 0.717) is 39.6 Å². The topological polar surface area (TPSA) is 108 Å². The SMILES string of the molecule is N#Cc1ccnc(-c2ncc(CNC(=O)c3ccc4c(c3)NC(=O)c3ccccc3S4)s2)c1. The summed E-state index contributed by atoms with van der Waals surface area (Å²) >= 11 is 2.90. The zero-order valence-corrected chi connectivity index (χ0v) is 18.7. The summed E-state index contributed by atoms with van der Waals surface area (Å²) in [5.74, 6) is -0.445. The van der Waals surface area contributed by atoms with E-state index in [4.69, 9.17) is 5.26 Å². The van der Waals surface area contributed by atoms with E-state index >= 15 is 0 Å². The zero-order chi connectivity index (χ0) is 22.8. The second-order valence-electron chi connectivity index (χ2n) is 7.12. The first-order valence-corrected chi connectivity index (χ1v) is 11.6. The molecule has 0 bridgehead atoms. The third kappa shape index (κ3) is 4.35. The van der Waals surface area contributed by atoms with Crippen LogP contribution in [0.15, 0.2) is 76.8 Å². The average molecular weight is 470 g/mol. The van der Waals surface area contributed by atoms with Gasteiger partial charge in [-0.2, -0.15) is 5.26 Å². The molecule has 0 spiro atoms. The summed E-state index contributed by atoms with van der Waals surface area (Å²) in [6, 6.07) is 18.1. The lowest BCUT2D eigenvalue weighted by Crippen LogP contribution is -2.22. The molecule has 0 saturated heterocycles. The van der Waals surface area contributed by atoms with E-state index < -0.39 is 0 Å². The van der Waals surface area contributed by atoms with Crippen molar-refractivity contribution in [3.05, 3.63) is 88.6 Å². The molecule has 33 heavy (non-hydrogen) atoms. The van der Waals surface area contributed by atoms with Crippen LogP contribution in [-0.2, 0) is 6.54 Å². The number of nitriles is 1. The maximum absolute atomic E-state index is 12.8. The van der Waals surface area contributed by atoms with Crippen molar-refractivity contribution in [2.24, 2.45) is 0 Å². The van der Waals surface area contributed by atoms with Crippen LogP contribution in [0.2, 0.25) is 0 Å². The molecule has 5 rings (SSSR count). The van der Waals surface area contributed by atoms with E-state index in [9.17, 15) is 9.59 Å². The van der Waals surface area contributed by atoms with Gasteiger partial charge < -0.3 is 10.6 Å². The van der Waals surface area contributed by atoms with Gasteiger partial charge in [-0.1, -0.05) is 23.9 Å². The van der Waals surface area contributed by atoms with E-state index in [-0.39, 0.29) is 11.8 Å². The molecular formula is C24H15N5O2S2. The molecule has 1 aliphatic rings. The van der Waals surface area contributed by atoms with Gasteiger partial charge in [0.25, 0.3) is 11.8 Å². The number of carbonyl (C=O) groups is 2. The summed E-state index contributed by atoms with van der Waals surface area (Å²) in [4.78, 5) is 36.5. The molecule has 0 fully saturated rings. The Balaban J connectivity index is 1.29. The van der Waals surface area contributed by atoms with Gasteiger partial charge in [0, 0.05) is 32.6 Å². The van der Waals surface area contributed by atoms with Gasteiger partial charge in [-0.25, -0.2) is 4.98 Å². The quantitative estimate of drug-likeness (QED) is 0.448. The highest BCUT2D eigenvalue weighted by molar-refractivity contribution is 7.99. The van der Waals surface area contributed by atoms with Crippen molar-refractivity contribution in [2.75, 3.05) is 5.32 Å². The first-order valence-electron chi connectivity index (χ1n) is 9.92. The zero-order valence-electron chi connectivity index (χ0n) is 17.0. The molecule has 0 saturated carbocycles. The van der Waals surface area contributed by atoms with E-state index in [1.54, 1.807) is 42.7 Å². The van der Waals surface area contributed by atoms with Gasteiger partial charge in [0.15, 0.2) is 0 Å². The minimum Gasteiger partial charge on any atom is -0.347 e. The number of anilines is 1. The molecule has 0 aliphatic carbocycles. The lowest BCUT2D eigenvalue weighted by atomic mass is 10.1. The first-order chi connectivity index (χ1) is 16.1. The number of fused-ring (bicyclic) bond motifs is 2. The van der Waals surface area contributed by atoms with Gasteiger partial charge in [-0.05, 0) is 42.5 Å². The molecule has 3 heterocycles. The number of amides is 2. The van der Waals surface area contributed by atoms with Crippen LogP contribution in [0.4, 0.5) is 5.69 Å². The van der Waals surface area contributed by atoms with E-state index in [2.05, 4.69) is 26.7 Å². The Hall–Kier alpha value is -4.00. The molecule has 160 valence electrons. The molecule has 1 aliphatic heterocycles. The van der Waals surface area contributed by atoms with Crippen LogP contribution in [0.5, 0.6) is 0 Å². The molecular weight excluding hydrogens is 454 g/mol. The average Bonchev–Trinajstić information content (AvgIpc) is 3.27. The molecule has 0 unspecified atom stereocenters. The summed E-state index contributed by atoms with van der Waals surface area (Å²) in [5.41, 5.74) is 2.81. The van der Waals surface area contributed by atoms with Gasteiger partial charge >= 0.3 is 0 Å². The predicted octanol–water partition coefficient (Wildman–Crippen LogP) is 4.72. The normalized spacial score (nSPS) is 12.0. The number of nitrogens with zero attached hydrogens (tertiary/aromatic N) is 3. The Morgan fingerprint density at radius 3 is 2.85 bits per heavy atom. The fraction of sp³-hybridized carbons (Fsp3) is 0.0417. The lowest BCUT2D eigenvalue weighted by molar-refractivity contribution is 0.0949. The summed E-state index contributed by atoms with van der Waals surface area (Å²) in [7, 11) is 0. The van der Waals surface area contributed by atoms with Crippen LogP contribution in [-0.4, -0.2) is 21.8 Å². The minimum atomic E-state index is -0.252. The van der Waals surface area contributed by atoms with Crippen molar-refractivity contribution in [3.63, 3.8) is 0 Å². The summed E-state index contributed by atoms with van der Waals surface area (Å²) in [6.07, 6.45) is 3.26. The maximum Gasteiger partial charge on any atom is 0.256 e. The van der Waals surface area contributed by atoms with Crippen LogP contribution >= 0.6 is 23.1 Å². The smallest absolute Gasteiger partial charge is 0.256 e. The van der Waals surface area contributed by atoms with E-state index in [1.165, 1.54) is 23.1 Å². The number of hydrogen-bond donors (Lipinski definition) is 2. The molecule has 7 nitrogen and oxygen atoms in total. The molecule has 2 amide bonds. The van der Waals surface area contributed by atoms with Crippen LogP contribution in [0.25, 0.3) is 10.7 Å². The number of hydrogen-bond acceptors (Lipinski definition) is 7. The highest BCUT2D eigenvalue weighted by Crippen LogP contribution is 2.39. The molecule has 2 aromatic heterocycles. The van der Waals surface area contributed by atoms with Crippen molar-refractivity contribution < 1.29 is 9.59 Å². The summed E-state index contributed by atoms with van der Waals surface area (Å²) in [6.45, 7) is 0.304. The van der Waals surface area contributed by atoms with Crippen molar-refractivity contribution in [2.45, 2.75) is 16.3 Å². The number of aromatic nitrogens is 2. The monoisotopic (exact) mass is 469 g/mol. The maximum atomic E-state index is 12.8. The number of benzene rings is 2. The Morgan fingerprint density at radius 1 is 1.09 bits per heavy atom. The van der Waals surface area contributed by atoms with E-state index in [0.717, 1.165) is 14.7 Å². The number of nitrogens with one attached hydrogen (secondary N) is 2. The largest absolute Gasteiger partial charge is 0.347 e. The lowest BCUT2D eigenvalue weighted by Gasteiger charge is -2.09. The Morgan fingerprint density at radius 2 is 1.97 bits per heavy atom. The van der Waals surface area contributed by atoms with Crippen LogP contribution in [0, 0.1) is 11.3 Å². The van der Waals surface area contributed by atoms with Crippen LogP contribution < -0.4 is 10.6 Å². The fourth-order valence-electron chi connectivity index (χ4n) is 3.30. The summed E-state index contributed by atoms with van der Waals surface area (Å²) in [5, 5.41) is 15.5. The number of thiazole rings is 1. The predicted molar refractivity (Wildman–Crippen MR) is 126 cm³/mol. The van der Waals surface area contributed by atoms with Gasteiger partial charge in [0.05, 0.1) is 29.4 Å². The van der Waals surface area contributed by atoms with Crippen molar-refractivity contribution in [3.8, 4) is 16.8 Å². The standard InChI is InChI=1S/C24H15N5O2S2/c25-11-14-7-8-26-19(9-14)24-28-13-16(32-24)12-27-22(30)15-5-6-21-18(10-15)29-23(31)17-3-1-2-4-20(17)33-21/h1-10,13H,12H2,(H,27,30)(H,29,31). The fourth-order valence-corrected chi connectivity index (χ4v) is 5.13. The Labute approximate surface area is 197 Å². The summed E-state index contributed by atoms with van der Waals surface area (Å²) < 4.78 is 0. The van der Waals surface area contributed by atoms with Crippen LogP contribution in [0.1, 0.15) is 31.2 Å². The Kier molecular flexibility index (Phi) is 5.60. The molecule has 9 heteroatoms. The van der Waals surface area contributed by atoms with Gasteiger partial charge in [-0.15, -0.1) is 11.3 Å².